The van der Waals surface area contributed by atoms with Crippen LogP contribution in [0.2, 0.25) is 0 Å². The molecule has 0 spiro atoms. The third-order valence-corrected chi connectivity index (χ3v) is 4.32. The summed E-state index contributed by atoms with van der Waals surface area (Å²) in [7, 11) is 0. The molecule has 1 aromatic rings. The molecule has 0 unspecified atom stereocenters. The number of anilines is 1. The lowest BCUT2D eigenvalue weighted by atomic mass is 9.91. The van der Waals surface area contributed by atoms with Crippen molar-refractivity contribution >= 4 is 17.6 Å². The second-order valence-corrected chi connectivity index (χ2v) is 7.52. The number of piperidine rings is 1. The molecule has 1 aliphatic heterocycles. The number of benzene rings is 1. The number of rotatable bonds is 5. The van der Waals surface area contributed by atoms with Crippen LogP contribution in [-0.4, -0.2) is 35.7 Å². The Labute approximate surface area is 147 Å². The van der Waals surface area contributed by atoms with Crippen LogP contribution in [0, 0.1) is 11.7 Å². The summed E-state index contributed by atoms with van der Waals surface area (Å²) in [5.74, 6) is -1.44. The summed E-state index contributed by atoms with van der Waals surface area (Å²) >= 11 is 0. The molecule has 1 saturated heterocycles. The fourth-order valence-corrected chi connectivity index (χ4v) is 3.13. The third-order valence-electron chi connectivity index (χ3n) is 4.32. The summed E-state index contributed by atoms with van der Waals surface area (Å²) in [5, 5.41) is 9.27. The van der Waals surface area contributed by atoms with Crippen LogP contribution in [0.4, 0.5) is 10.1 Å². The lowest BCUT2D eigenvalue weighted by Crippen LogP contribution is -2.35. The molecule has 1 aliphatic rings. The zero-order valence-corrected chi connectivity index (χ0v) is 15.0. The maximum absolute atomic E-state index is 13.3. The van der Waals surface area contributed by atoms with Gasteiger partial charge in [0.05, 0.1) is 11.3 Å². The van der Waals surface area contributed by atoms with Gasteiger partial charge in [-0.05, 0) is 64.2 Å². The van der Waals surface area contributed by atoms with Gasteiger partial charge < -0.3 is 14.7 Å². The Bertz CT molecular complexity index is 631. The Hall–Kier alpha value is -2.11. The average Bonchev–Trinajstić information content (AvgIpc) is 2.52. The standard InChI is InChI=1S/C19H26FNO4/c1-19(2,3)25-17(22)7-4-13-8-10-21(11-9-13)16-6-5-14(20)12-15(16)18(23)24/h5-6,12-13H,4,7-11H2,1-3H3,(H,23,24). The zero-order valence-electron chi connectivity index (χ0n) is 15.0. The van der Waals surface area contributed by atoms with Crippen LogP contribution in [0.25, 0.3) is 0 Å². The van der Waals surface area contributed by atoms with Crippen molar-refractivity contribution in [3.63, 3.8) is 0 Å². The van der Waals surface area contributed by atoms with Gasteiger partial charge in [0.2, 0.25) is 0 Å². The van der Waals surface area contributed by atoms with Gasteiger partial charge in [-0.2, -0.15) is 0 Å². The van der Waals surface area contributed by atoms with Crippen LogP contribution in [0.3, 0.4) is 0 Å². The highest BCUT2D eigenvalue weighted by Crippen LogP contribution is 2.29. The van der Waals surface area contributed by atoms with Gasteiger partial charge in [-0.15, -0.1) is 0 Å². The van der Waals surface area contributed by atoms with E-state index in [-0.39, 0.29) is 11.5 Å². The number of carboxylic acid groups (broad SMARTS) is 1. The monoisotopic (exact) mass is 351 g/mol. The Morgan fingerprint density at radius 3 is 2.48 bits per heavy atom. The molecule has 1 heterocycles. The van der Waals surface area contributed by atoms with Crippen molar-refractivity contribution in [2.24, 2.45) is 5.92 Å². The highest BCUT2D eigenvalue weighted by Gasteiger charge is 2.24. The van der Waals surface area contributed by atoms with Crippen LogP contribution in [0.15, 0.2) is 18.2 Å². The number of aromatic carboxylic acids is 1. The van der Waals surface area contributed by atoms with E-state index in [1.807, 2.05) is 25.7 Å². The number of carbonyl (C=O) groups is 2. The van der Waals surface area contributed by atoms with Crippen LogP contribution in [0.1, 0.15) is 56.8 Å². The summed E-state index contributed by atoms with van der Waals surface area (Å²) in [6.07, 6.45) is 2.93. The number of hydrogen-bond donors (Lipinski definition) is 1. The molecule has 2 rings (SSSR count). The first-order valence-electron chi connectivity index (χ1n) is 8.65. The minimum Gasteiger partial charge on any atom is -0.478 e. The number of ether oxygens (including phenoxy) is 1. The van der Waals surface area contributed by atoms with Gasteiger partial charge in [0, 0.05) is 19.5 Å². The number of nitrogens with zero attached hydrogens (tertiary/aromatic N) is 1. The molecule has 0 atom stereocenters. The van der Waals surface area contributed by atoms with Gasteiger partial charge in [0.25, 0.3) is 0 Å². The molecule has 1 fully saturated rings. The number of hydrogen-bond acceptors (Lipinski definition) is 4. The second-order valence-electron chi connectivity index (χ2n) is 7.52. The average molecular weight is 351 g/mol. The summed E-state index contributed by atoms with van der Waals surface area (Å²) in [5.41, 5.74) is 0.0858. The summed E-state index contributed by atoms with van der Waals surface area (Å²) < 4.78 is 18.6. The van der Waals surface area contributed by atoms with E-state index < -0.39 is 17.4 Å². The van der Waals surface area contributed by atoms with E-state index in [0.29, 0.717) is 31.1 Å². The predicted molar refractivity (Wildman–Crippen MR) is 93.4 cm³/mol. The molecular weight excluding hydrogens is 325 g/mol. The molecule has 0 aromatic heterocycles. The number of esters is 1. The van der Waals surface area contributed by atoms with Gasteiger partial charge in [-0.3, -0.25) is 4.79 Å². The lowest BCUT2D eigenvalue weighted by Gasteiger charge is -2.34. The van der Waals surface area contributed by atoms with E-state index in [9.17, 15) is 19.1 Å². The van der Waals surface area contributed by atoms with Crippen LogP contribution in [-0.2, 0) is 9.53 Å². The van der Waals surface area contributed by atoms with Gasteiger partial charge in [0.15, 0.2) is 0 Å². The Kier molecular flexibility index (Phi) is 6.03. The third kappa shape index (κ3) is 5.73. The maximum atomic E-state index is 13.3. The molecule has 138 valence electrons. The quantitative estimate of drug-likeness (QED) is 0.816. The Balaban J connectivity index is 1.88. The van der Waals surface area contributed by atoms with E-state index in [4.69, 9.17) is 4.74 Å². The van der Waals surface area contributed by atoms with Crippen molar-refractivity contribution in [1.29, 1.82) is 0 Å². The first-order chi connectivity index (χ1) is 11.7. The van der Waals surface area contributed by atoms with Gasteiger partial charge >= 0.3 is 11.9 Å². The topological polar surface area (TPSA) is 66.8 Å². The second kappa shape index (κ2) is 7.85. The minimum atomic E-state index is -1.12. The van der Waals surface area contributed by atoms with E-state index in [1.54, 1.807) is 0 Å². The summed E-state index contributed by atoms with van der Waals surface area (Å²) in [4.78, 5) is 25.1. The predicted octanol–water partition coefficient (Wildman–Crippen LogP) is 3.86. The van der Waals surface area contributed by atoms with Crippen molar-refractivity contribution in [3.8, 4) is 0 Å². The maximum Gasteiger partial charge on any atom is 0.337 e. The molecule has 6 heteroatoms. The van der Waals surface area contributed by atoms with E-state index in [1.165, 1.54) is 12.1 Å². The fraction of sp³-hybridized carbons (Fsp3) is 0.579. The highest BCUT2D eigenvalue weighted by atomic mass is 19.1. The highest BCUT2D eigenvalue weighted by molar-refractivity contribution is 5.94. The molecule has 0 radical (unpaired) electrons. The fourth-order valence-electron chi connectivity index (χ4n) is 3.13. The molecule has 25 heavy (non-hydrogen) atoms. The minimum absolute atomic E-state index is 0.00722. The molecular formula is C19H26FNO4. The normalized spacial score (nSPS) is 15.9. The molecule has 0 amide bonds. The van der Waals surface area contributed by atoms with Gasteiger partial charge in [-0.25, -0.2) is 9.18 Å². The zero-order chi connectivity index (χ0) is 18.6. The Morgan fingerprint density at radius 1 is 1.28 bits per heavy atom. The number of halogens is 1. The smallest absolute Gasteiger partial charge is 0.337 e. The molecule has 0 saturated carbocycles. The number of carbonyl (C=O) groups excluding carboxylic acids is 1. The first-order valence-corrected chi connectivity index (χ1v) is 8.65. The Morgan fingerprint density at radius 2 is 1.92 bits per heavy atom. The number of carboxylic acids is 1. The van der Waals surface area contributed by atoms with Crippen molar-refractivity contribution in [2.45, 2.75) is 52.1 Å². The van der Waals surface area contributed by atoms with E-state index in [0.717, 1.165) is 25.3 Å². The molecule has 1 aromatic carbocycles. The summed E-state index contributed by atoms with van der Waals surface area (Å²) in [6.45, 7) is 6.96. The SMILES string of the molecule is CC(C)(C)OC(=O)CCC1CCN(c2ccc(F)cc2C(=O)O)CC1. The van der Waals surface area contributed by atoms with Crippen molar-refractivity contribution in [3.05, 3.63) is 29.6 Å². The van der Waals surface area contributed by atoms with Crippen LogP contribution >= 0.6 is 0 Å². The lowest BCUT2D eigenvalue weighted by molar-refractivity contribution is -0.155. The molecule has 0 bridgehead atoms. The van der Waals surface area contributed by atoms with Crippen molar-refractivity contribution in [2.75, 3.05) is 18.0 Å². The van der Waals surface area contributed by atoms with Crippen LogP contribution in [0.5, 0.6) is 0 Å². The largest absolute Gasteiger partial charge is 0.478 e. The van der Waals surface area contributed by atoms with E-state index in [2.05, 4.69) is 0 Å². The van der Waals surface area contributed by atoms with Crippen molar-refractivity contribution in [1.82, 2.24) is 0 Å². The van der Waals surface area contributed by atoms with Crippen LogP contribution < -0.4 is 4.90 Å². The molecule has 0 aliphatic carbocycles. The first kappa shape index (κ1) is 19.2. The van der Waals surface area contributed by atoms with E-state index >= 15 is 0 Å². The van der Waals surface area contributed by atoms with Gasteiger partial charge in [-0.1, -0.05) is 0 Å². The molecule has 1 N–H and O–H groups in total. The summed E-state index contributed by atoms with van der Waals surface area (Å²) in [6, 6.07) is 3.88. The van der Waals surface area contributed by atoms with Crippen molar-refractivity contribution < 1.29 is 23.8 Å². The van der Waals surface area contributed by atoms with Gasteiger partial charge in [0.1, 0.15) is 11.4 Å². The molecule has 5 nitrogen and oxygen atoms in total.